The van der Waals surface area contributed by atoms with Crippen LogP contribution in [0.3, 0.4) is 0 Å². The Bertz CT molecular complexity index is 461. The van der Waals surface area contributed by atoms with Gasteiger partial charge in [-0.1, -0.05) is 11.6 Å². The van der Waals surface area contributed by atoms with Crippen LogP contribution < -0.4 is 15.4 Å². The molecule has 1 aromatic rings. The van der Waals surface area contributed by atoms with Gasteiger partial charge in [0.25, 0.3) is 5.91 Å². The van der Waals surface area contributed by atoms with Gasteiger partial charge in [0.1, 0.15) is 12.2 Å². The first-order chi connectivity index (χ1) is 10.2. The summed E-state index contributed by atoms with van der Waals surface area (Å²) < 4.78 is 10.9. The highest BCUT2D eigenvalue weighted by Gasteiger charge is 2.39. The highest BCUT2D eigenvalue weighted by molar-refractivity contribution is 6.30. The first kappa shape index (κ1) is 16.0. The molecule has 1 fully saturated rings. The number of halogens is 1. The number of piperidine rings is 1. The average Bonchev–Trinajstić information content (AvgIpc) is 2.53. The number of carbonyl (C=O) groups excluding carboxylic acids is 1. The van der Waals surface area contributed by atoms with Crippen LogP contribution in [-0.4, -0.2) is 49.8 Å². The van der Waals surface area contributed by atoms with Crippen molar-refractivity contribution in [3.8, 4) is 5.88 Å². The standard InChI is InChI=1S/C14H20ClN3O3/c1-20-14(4-6-16-7-5-14)13(19)17-8-9-21-12-3-2-11(15)10-18-12/h2-3,10,16H,4-9H2,1H3,(H,17,19). The molecule has 0 aromatic carbocycles. The van der Waals surface area contributed by atoms with Gasteiger partial charge in [0, 0.05) is 19.4 Å². The number of nitrogens with zero attached hydrogens (tertiary/aromatic N) is 1. The van der Waals surface area contributed by atoms with E-state index in [1.165, 1.54) is 6.20 Å². The van der Waals surface area contributed by atoms with Gasteiger partial charge in [0.2, 0.25) is 5.88 Å². The predicted octanol–water partition coefficient (Wildman–Crippen LogP) is 0.999. The second-order valence-corrected chi connectivity index (χ2v) is 5.30. The van der Waals surface area contributed by atoms with Gasteiger partial charge >= 0.3 is 0 Å². The Balaban J connectivity index is 1.74. The summed E-state index contributed by atoms with van der Waals surface area (Å²) in [6.45, 7) is 2.32. The number of pyridine rings is 1. The predicted molar refractivity (Wildman–Crippen MR) is 79.6 cm³/mol. The van der Waals surface area contributed by atoms with Gasteiger partial charge in [-0.15, -0.1) is 0 Å². The summed E-state index contributed by atoms with van der Waals surface area (Å²) in [5, 5.41) is 6.63. The molecule has 0 atom stereocenters. The summed E-state index contributed by atoms with van der Waals surface area (Å²) >= 11 is 5.74. The number of amides is 1. The average molecular weight is 314 g/mol. The van der Waals surface area contributed by atoms with Crippen molar-refractivity contribution < 1.29 is 14.3 Å². The van der Waals surface area contributed by atoms with Gasteiger partial charge in [-0.2, -0.15) is 0 Å². The van der Waals surface area contributed by atoms with E-state index in [2.05, 4.69) is 15.6 Å². The third-order valence-electron chi connectivity index (χ3n) is 3.55. The monoisotopic (exact) mass is 313 g/mol. The number of hydrogen-bond donors (Lipinski definition) is 2. The van der Waals surface area contributed by atoms with Crippen molar-refractivity contribution in [2.45, 2.75) is 18.4 Å². The van der Waals surface area contributed by atoms with E-state index < -0.39 is 5.60 Å². The van der Waals surface area contributed by atoms with Crippen LogP contribution in [0.4, 0.5) is 0 Å². The maximum Gasteiger partial charge on any atom is 0.252 e. The molecule has 1 saturated heterocycles. The lowest BCUT2D eigenvalue weighted by atomic mass is 9.91. The van der Waals surface area contributed by atoms with E-state index in [1.54, 1.807) is 19.2 Å². The van der Waals surface area contributed by atoms with Crippen LogP contribution in [0.5, 0.6) is 5.88 Å². The number of carbonyl (C=O) groups is 1. The van der Waals surface area contributed by atoms with E-state index in [9.17, 15) is 4.79 Å². The summed E-state index contributed by atoms with van der Waals surface area (Å²) in [6, 6.07) is 3.39. The molecule has 21 heavy (non-hydrogen) atoms. The van der Waals surface area contributed by atoms with Gasteiger partial charge in [-0.05, 0) is 32.0 Å². The van der Waals surface area contributed by atoms with Crippen molar-refractivity contribution in [2.75, 3.05) is 33.4 Å². The molecule has 6 nitrogen and oxygen atoms in total. The molecule has 0 saturated carbocycles. The summed E-state index contributed by atoms with van der Waals surface area (Å²) in [7, 11) is 1.58. The number of methoxy groups -OCH3 is 1. The Labute approximate surface area is 129 Å². The van der Waals surface area contributed by atoms with E-state index >= 15 is 0 Å². The van der Waals surface area contributed by atoms with Crippen LogP contribution in [0.2, 0.25) is 5.02 Å². The highest BCUT2D eigenvalue weighted by Crippen LogP contribution is 2.22. The molecule has 2 N–H and O–H groups in total. The topological polar surface area (TPSA) is 72.5 Å². The molecule has 1 aliphatic heterocycles. The van der Waals surface area contributed by atoms with E-state index in [1.807, 2.05) is 0 Å². The number of nitrogens with one attached hydrogen (secondary N) is 2. The SMILES string of the molecule is COC1(C(=O)NCCOc2ccc(Cl)cn2)CCNCC1. The van der Waals surface area contributed by atoms with Gasteiger partial charge in [-0.25, -0.2) is 4.98 Å². The lowest BCUT2D eigenvalue weighted by Crippen LogP contribution is -2.54. The highest BCUT2D eigenvalue weighted by atomic mass is 35.5. The lowest BCUT2D eigenvalue weighted by Gasteiger charge is -2.34. The number of hydrogen-bond acceptors (Lipinski definition) is 5. The molecule has 1 aromatic heterocycles. The molecular weight excluding hydrogens is 294 g/mol. The Morgan fingerprint density at radius 2 is 2.24 bits per heavy atom. The van der Waals surface area contributed by atoms with Gasteiger partial charge in [0.15, 0.2) is 0 Å². The van der Waals surface area contributed by atoms with Gasteiger partial charge < -0.3 is 20.1 Å². The second-order valence-electron chi connectivity index (χ2n) is 4.87. The van der Waals surface area contributed by atoms with Crippen molar-refractivity contribution in [2.24, 2.45) is 0 Å². The molecule has 1 aliphatic rings. The summed E-state index contributed by atoms with van der Waals surface area (Å²) in [4.78, 5) is 16.3. The molecule has 0 aliphatic carbocycles. The van der Waals surface area contributed by atoms with Crippen molar-refractivity contribution in [3.05, 3.63) is 23.4 Å². The van der Waals surface area contributed by atoms with Crippen molar-refractivity contribution in [1.29, 1.82) is 0 Å². The molecule has 116 valence electrons. The van der Waals surface area contributed by atoms with E-state index in [0.717, 1.165) is 13.1 Å². The molecule has 0 spiro atoms. The fourth-order valence-electron chi connectivity index (χ4n) is 2.28. The van der Waals surface area contributed by atoms with Crippen LogP contribution in [-0.2, 0) is 9.53 Å². The van der Waals surface area contributed by atoms with Crippen LogP contribution in [0.15, 0.2) is 18.3 Å². The Hall–Kier alpha value is -1.37. The summed E-state index contributed by atoms with van der Waals surface area (Å²) in [6.07, 6.45) is 2.87. The van der Waals surface area contributed by atoms with Gasteiger partial charge in [-0.3, -0.25) is 4.79 Å². The molecule has 7 heteroatoms. The van der Waals surface area contributed by atoms with Gasteiger partial charge in [0.05, 0.1) is 11.6 Å². The number of ether oxygens (including phenoxy) is 2. The van der Waals surface area contributed by atoms with E-state index in [-0.39, 0.29) is 5.91 Å². The molecule has 2 rings (SSSR count). The van der Waals surface area contributed by atoms with E-state index in [4.69, 9.17) is 21.1 Å². The van der Waals surface area contributed by atoms with Crippen LogP contribution in [0.25, 0.3) is 0 Å². The Morgan fingerprint density at radius 1 is 1.48 bits per heavy atom. The number of aromatic nitrogens is 1. The lowest BCUT2D eigenvalue weighted by molar-refractivity contribution is -0.146. The molecule has 2 heterocycles. The normalized spacial score (nSPS) is 17.2. The zero-order valence-corrected chi connectivity index (χ0v) is 12.8. The first-order valence-electron chi connectivity index (χ1n) is 6.95. The van der Waals surface area contributed by atoms with Crippen LogP contribution >= 0.6 is 11.6 Å². The van der Waals surface area contributed by atoms with Crippen LogP contribution in [0.1, 0.15) is 12.8 Å². The Morgan fingerprint density at radius 3 is 2.86 bits per heavy atom. The maximum atomic E-state index is 12.3. The van der Waals surface area contributed by atoms with Crippen molar-refractivity contribution >= 4 is 17.5 Å². The molecular formula is C14H20ClN3O3. The minimum Gasteiger partial charge on any atom is -0.476 e. The molecule has 1 amide bonds. The number of rotatable bonds is 6. The quantitative estimate of drug-likeness (QED) is 0.767. The fourth-order valence-corrected chi connectivity index (χ4v) is 2.40. The zero-order chi connectivity index (χ0) is 15.1. The smallest absolute Gasteiger partial charge is 0.252 e. The van der Waals surface area contributed by atoms with E-state index in [0.29, 0.717) is 36.9 Å². The Kier molecular flexibility index (Phi) is 5.78. The summed E-state index contributed by atoms with van der Waals surface area (Å²) in [5.74, 6) is 0.399. The maximum absolute atomic E-state index is 12.3. The first-order valence-corrected chi connectivity index (χ1v) is 7.33. The molecule has 0 unspecified atom stereocenters. The molecule has 0 radical (unpaired) electrons. The van der Waals surface area contributed by atoms with Crippen molar-refractivity contribution in [3.63, 3.8) is 0 Å². The summed E-state index contributed by atoms with van der Waals surface area (Å²) in [5.41, 5.74) is -0.718. The third kappa shape index (κ3) is 4.30. The second kappa shape index (κ2) is 7.59. The van der Waals surface area contributed by atoms with Crippen LogP contribution in [0, 0.1) is 0 Å². The van der Waals surface area contributed by atoms with Crippen molar-refractivity contribution in [1.82, 2.24) is 15.6 Å². The minimum absolute atomic E-state index is 0.0841. The third-order valence-corrected chi connectivity index (χ3v) is 3.78. The molecule has 0 bridgehead atoms. The largest absolute Gasteiger partial charge is 0.476 e. The fraction of sp³-hybridized carbons (Fsp3) is 0.571. The minimum atomic E-state index is -0.718. The zero-order valence-electron chi connectivity index (χ0n) is 12.0.